The average molecular weight is 1140 g/mol. The number of aliphatic hydroxyl groups excluding tert-OH is 2. The van der Waals surface area contributed by atoms with Gasteiger partial charge in [-0.05, 0) is 115 Å². The number of primary amides is 1. The number of carboxylic acids is 1. The lowest BCUT2D eigenvalue weighted by Gasteiger charge is -2.31. The van der Waals surface area contributed by atoms with Crippen molar-refractivity contribution in [1.82, 2.24) is 36.8 Å². The molecule has 0 radical (unpaired) electrons. The van der Waals surface area contributed by atoms with Crippen molar-refractivity contribution in [3.63, 3.8) is 0 Å². The van der Waals surface area contributed by atoms with Gasteiger partial charge >= 0.3 is 5.97 Å². The Balaban J connectivity index is 1.41. The quantitative estimate of drug-likeness (QED) is 0.0854. The van der Waals surface area contributed by atoms with Crippen LogP contribution in [0.15, 0.2) is 97.1 Å². The standard InChI is InChI=1S/C54H56Cl2N8O16/c1-23(2)16-34(64(3)4)49(72)62-43-45(68)26-10-14-35(31(55)18-26)79-37-20-28-21-38(47(37)70)80-36-15-11-27(19-32(36)56)46(69)44(53(76)61-42(54(77)78)25-6-5-7-30(66)17-25)63-50(73)40(24-8-12-29(65)13-9-24)60-51(74)41(28)59-48(71)33(22-39(57)67)58-52(43)75/h5-15,17-21,23,33-34,40-46,65-66,68-70H,16,22H2,1-4H3,(H2,57,67)(H,58,75)(H,59,71)(H,60,74)(H,61,76)(H,62,72)(H,63,73)(H,77,78). The third kappa shape index (κ3) is 13.8. The smallest absolute Gasteiger partial charge is 0.330 e. The number of hydrogen-bond donors (Lipinski definition) is 13. The van der Waals surface area contributed by atoms with E-state index >= 15 is 4.79 Å². The second-order valence-corrected chi connectivity index (χ2v) is 20.3. The first-order valence-corrected chi connectivity index (χ1v) is 25.3. The molecule has 7 bridgehead atoms. The number of likely N-dealkylation sites (N-methyl/N-ethyl adjacent to an activating group) is 1. The van der Waals surface area contributed by atoms with Crippen LogP contribution < -0.4 is 47.1 Å². The molecule has 4 heterocycles. The number of halogens is 2. The Morgan fingerprint density at radius 1 is 0.662 bits per heavy atom. The molecule has 24 nitrogen and oxygen atoms in total. The fourth-order valence-corrected chi connectivity index (χ4v) is 9.26. The number of ether oxygens (including phenoxy) is 2. The summed E-state index contributed by atoms with van der Waals surface area (Å²) in [6.45, 7) is 3.73. The maximum absolute atomic E-state index is 15.2. The van der Waals surface area contributed by atoms with E-state index in [9.17, 15) is 64.2 Å². The zero-order valence-electron chi connectivity index (χ0n) is 43.0. The highest BCUT2D eigenvalue weighted by Crippen LogP contribution is 2.46. The van der Waals surface area contributed by atoms with Crippen molar-refractivity contribution in [1.29, 1.82) is 0 Å². The number of carbonyl (C=O) groups excluding carboxylic acids is 7. The number of phenols is 3. The molecule has 4 aliphatic heterocycles. The van der Waals surface area contributed by atoms with Crippen LogP contribution in [-0.2, 0) is 38.4 Å². The van der Waals surface area contributed by atoms with Gasteiger partial charge in [-0.3, -0.25) is 38.5 Å². The third-order valence-electron chi connectivity index (χ3n) is 12.9. The topological polar surface area (TPSA) is 378 Å². The highest BCUT2D eigenvalue weighted by atomic mass is 35.5. The first-order valence-electron chi connectivity index (χ1n) is 24.5. The minimum Gasteiger partial charge on any atom is -0.508 e. The number of aliphatic carboxylic acids is 1. The molecule has 9 rings (SSSR count). The Bertz CT molecular complexity index is 3240. The maximum Gasteiger partial charge on any atom is 0.330 e. The summed E-state index contributed by atoms with van der Waals surface area (Å²) in [5.41, 5.74) is 4.86. The molecule has 80 heavy (non-hydrogen) atoms. The summed E-state index contributed by atoms with van der Waals surface area (Å²) in [6.07, 6.45) is -4.65. The van der Waals surface area contributed by atoms with E-state index < -0.39 is 125 Å². The van der Waals surface area contributed by atoms with E-state index in [0.29, 0.717) is 6.42 Å². The van der Waals surface area contributed by atoms with Crippen molar-refractivity contribution in [3.8, 4) is 40.2 Å². The van der Waals surface area contributed by atoms with E-state index in [1.54, 1.807) is 19.0 Å². The van der Waals surface area contributed by atoms with Crippen molar-refractivity contribution in [2.75, 3.05) is 14.1 Å². The van der Waals surface area contributed by atoms with Gasteiger partial charge in [-0.1, -0.05) is 73.4 Å². The van der Waals surface area contributed by atoms with Crippen LogP contribution in [0.5, 0.6) is 40.2 Å². The summed E-state index contributed by atoms with van der Waals surface area (Å²) < 4.78 is 12.3. The number of benzene rings is 5. The number of nitrogens with zero attached hydrogens (tertiary/aromatic N) is 1. The van der Waals surface area contributed by atoms with Crippen LogP contribution in [0.2, 0.25) is 10.0 Å². The third-order valence-corrected chi connectivity index (χ3v) is 13.5. The number of amides is 7. The summed E-state index contributed by atoms with van der Waals surface area (Å²) in [4.78, 5) is 115. The lowest BCUT2D eigenvalue weighted by atomic mass is 9.97. The number of nitrogens with two attached hydrogens (primary N) is 1. The van der Waals surface area contributed by atoms with Gasteiger partial charge < -0.3 is 77.7 Å². The average Bonchev–Trinajstić information content (AvgIpc) is 3.39. The molecular weight excluding hydrogens is 1090 g/mol. The second kappa shape index (κ2) is 25.0. The number of rotatable bonds is 12. The Kier molecular flexibility index (Phi) is 18.4. The molecule has 0 saturated heterocycles. The van der Waals surface area contributed by atoms with Gasteiger partial charge in [0, 0.05) is 0 Å². The fraction of sp³-hybridized carbons (Fsp3) is 0.296. The van der Waals surface area contributed by atoms with Gasteiger partial charge in [-0.2, -0.15) is 0 Å². The Morgan fingerprint density at radius 3 is 1.75 bits per heavy atom. The first kappa shape index (κ1) is 59.0. The molecule has 4 aliphatic rings. The van der Waals surface area contributed by atoms with Gasteiger partial charge in [0.05, 0.1) is 22.5 Å². The first-order chi connectivity index (χ1) is 37.8. The molecule has 0 fully saturated rings. The summed E-state index contributed by atoms with van der Waals surface area (Å²) in [5, 5.41) is 80.4. The molecule has 14 N–H and O–H groups in total. The minimum absolute atomic E-state index is 0.0192. The lowest BCUT2D eigenvalue weighted by molar-refractivity contribution is -0.143. The Labute approximate surface area is 466 Å². The van der Waals surface area contributed by atoms with Gasteiger partial charge in [-0.15, -0.1) is 0 Å². The van der Waals surface area contributed by atoms with Gasteiger partial charge in [0.15, 0.2) is 17.5 Å². The number of phenolic OH excluding ortho intramolecular Hbond substituents is 3. The summed E-state index contributed by atoms with van der Waals surface area (Å²) in [5.74, 6) is -12.8. The van der Waals surface area contributed by atoms with Gasteiger partial charge in [0.2, 0.25) is 47.1 Å². The van der Waals surface area contributed by atoms with Crippen LogP contribution in [0, 0.1) is 5.92 Å². The van der Waals surface area contributed by atoms with Gasteiger partial charge in [0.1, 0.15) is 65.4 Å². The molecule has 5 aromatic carbocycles. The number of carbonyl (C=O) groups is 8. The van der Waals surface area contributed by atoms with E-state index in [-0.39, 0.29) is 66.8 Å². The van der Waals surface area contributed by atoms with Crippen LogP contribution in [-0.4, -0.2) is 121 Å². The van der Waals surface area contributed by atoms with E-state index in [2.05, 4.69) is 31.9 Å². The number of fused-ring (bicyclic) bond motifs is 16. The molecule has 5 aromatic rings. The van der Waals surface area contributed by atoms with E-state index in [1.807, 2.05) is 13.8 Å². The Hall–Kier alpha value is -8.68. The predicted octanol–water partition coefficient (Wildman–Crippen LogP) is 3.05. The summed E-state index contributed by atoms with van der Waals surface area (Å²) >= 11 is 13.5. The maximum atomic E-state index is 15.2. The molecule has 7 amide bonds. The molecule has 9 atom stereocenters. The largest absolute Gasteiger partial charge is 0.508 e. The molecule has 26 heteroatoms. The van der Waals surface area contributed by atoms with Crippen molar-refractivity contribution in [2.24, 2.45) is 11.7 Å². The van der Waals surface area contributed by atoms with Crippen molar-refractivity contribution in [3.05, 3.63) is 135 Å². The molecule has 9 unspecified atom stereocenters. The van der Waals surface area contributed by atoms with Gasteiger partial charge in [-0.25, -0.2) is 4.79 Å². The number of aliphatic hydroxyl groups is 2. The van der Waals surface area contributed by atoms with Gasteiger partial charge in [0.25, 0.3) is 0 Å². The second-order valence-electron chi connectivity index (χ2n) is 19.5. The van der Waals surface area contributed by atoms with Crippen LogP contribution >= 0.6 is 23.2 Å². The normalized spacial score (nSPS) is 21.2. The summed E-state index contributed by atoms with van der Waals surface area (Å²) in [6, 6.07) is 6.11. The predicted molar refractivity (Wildman–Crippen MR) is 284 cm³/mol. The molecular formula is C54H56Cl2N8O16. The van der Waals surface area contributed by atoms with Crippen LogP contribution in [0.4, 0.5) is 0 Å². The summed E-state index contributed by atoms with van der Waals surface area (Å²) in [7, 11) is 3.26. The highest BCUT2D eigenvalue weighted by Gasteiger charge is 2.40. The SMILES string of the molecule is CC(C)CC(C(=O)NC1C(=O)NC(CC(N)=O)C(=O)NC2C(=O)NC(c3ccc(O)cc3)C(=O)NC(C(=O)NC(C(=O)O)c3cccc(O)c3)C(O)c3ccc(c(Cl)c3)Oc3cc2cc(c3O)Oc2ccc(cc2Cl)C1O)N(C)C. The minimum atomic E-state index is -2.14. The molecule has 0 saturated carbocycles. The van der Waals surface area contributed by atoms with Crippen LogP contribution in [0.3, 0.4) is 0 Å². The number of hydrogen-bond acceptors (Lipinski definition) is 16. The van der Waals surface area contributed by atoms with Crippen molar-refractivity contribution >= 4 is 70.5 Å². The fourth-order valence-electron chi connectivity index (χ4n) is 8.81. The zero-order valence-corrected chi connectivity index (χ0v) is 44.5. The highest BCUT2D eigenvalue weighted by molar-refractivity contribution is 6.32. The molecule has 0 aromatic heterocycles. The molecule has 422 valence electrons. The Morgan fingerprint density at radius 2 is 1.21 bits per heavy atom. The number of nitrogens with one attached hydrogen (secondary N) is 6. The number of aromatic hydroxyl groups is 3. The van der Waals surface area contributed by atoms with E-state index in [0.717, 1.165) is 36.4 Å². The lowest BCUT2D eigenvalue weighted by Crippen LogP contribution is -2.59. The van der Waals surface area contributed by atoms with Crippen molar-refractivity contribution in [2.45, 2.75) is 81.2 Å². The monoisotopic (exact) mass is 1140 g/mol. The van der Waals surface area contributed by atoms with E-state index in [1.165, 1.54) is 60.7 Å². The molecule has 0 spiro atoms. The van der Waals surface area contributed by atoms with Crippen LogP contribution in [0.25, 0.3) is 0 Å². The molecule has 0 aliphatic carbocycles. The van der Waals surface area contributed by atoms with Crippen molar-refractivity contribution < 1.29 is 78.5 Å². The number of carboxylic acid groups (broad SMARTS) is 1. The zero-order chi connectivity index (χ0) is 58.4. The van der Waals surface area contributed by atoms with E-state index in [4.69, 9.17) is 38.4 Å². The van der Waals surface area contributed by atoms with Crippen LogP contribution in [0.1, 0.15) is 84.8 Å².